The van der Waals surface area contributed by atoms with E-state index in [1.165, 1.54) is 22.8 Å². The fourth-order valence-electron chi connectivity index (χ4n) is 1.67. The smallest absolute Gasteiger partial charge is 0.325 e. The molecule has 0 radical (unpaired) electrons. The first-order valence-electron chi connectivity index (χ1n) is 4.91. The normalized spacial score (nSPS) is 18.4. The Hall–Kier alpha value is -1.18. The number of nitrogens with one attached hydrogen (secondary N) is 1. The molecule has 0 saturated heterocycles. The van der Waals surface area contributed by atoms with Gasteiger partial charge in [0, 0.05) is 5.38 Å². The van der Waals surface area contributed by atoms with Crippen molar-refractivity contribution >= 4 is 27.3 Å². The maximum Gasteiger partial charge on any atom is 0.325 e. The van der Waals surface area contributed by atoms with Crippen LogP contribution in [0.2, 0.25) is 0 Å². The lowest BCUT2D eigenvalue weighted by Gasteiger charge is -2.24. The van der Waals surface area contributed by atoms with Gasteiger partial charge in [0.1, 0.15) is 5.54 Å². The van der Waals surface area contributed by atoms with Crippen LogP contribution in [-0.2, 0) is 14.8 Å². The molecule has 2 rings (SSSR count). The first-order valence-corrected chi connectivity index (χ1v) is 7.33. The van der Waals surface area contributed by atoms with Crippen LogP contribution in [0.25, 0.3) is 0 Å². The standard InChI is InChI=1S/C10H11NO4S2/c12-9(13)10(4-1-2-5-10)11-17(14,15)8-3-6-16-7-8/h1-3,6-7,11H,4-5H2,(H,12,13). The minimum absolute atomic E-state index is 0.107. The van der Waals surface area contributed by atoms with Gasteiger partial charge in [-0.3, -0.25) is 4.79 Å². The third-order valence-corrected chi connectivity index (χ3v) is 5.01. The van der Waals surface area contributed by atoms with E-state index in [9.17, 15) is 13.2 Å². The Bertz CT molecular complexity index is 537. The van der Waals surface area contributed by atoms with Gasteiger partial charge in [0.15, 0.2) is 0 Å². The third kappa shape index (κ3) is 2.26. The van der Waals surface area contributed by atoms with Crippen molar-refractivity contribution in [3.63, 3.8) is 0 Å². The third-order valence-electron chi connectivity index (χ3n) is 2.64. The Morgan fingerprint density at radius 2 is 2.06 bits per heavy atom. The first kappa shape index (κ1) is 12.3. The van der Waals surface area contributed by atoms with Crippen LogP contribution in [0.4, 0.5) is 0 Å². The number of rotatable bonds is 4. The molecule has 0 aliphatic heterocycles. The molecule has 0 fully saturated rings. The van der Waals surface area contributed by atoms with Gasteiger partial charge in [0.25, 0.3) is 0 Å². The Morgan fingerprint density at radius 3 is 2.53 bits per heavy atom. The molecule has 7 heteroatoms. The van der Waals surface area contributed by atoms with Gasteiger partial charge in [-0.25, -0.2) is 8.42 Å². The summed E-state index contributed by atoms with van der Waals surface area (Å²) in [7, 11) is -3.76. The van der Waals surface area contributed by atoms with Gasteiger partial charge in [0.2, 0.25) is 10.0 Å². The summed E-state index contributed by atoms with van der Waals surface area (Å²) in [6, 6.07) is 1.45. The van der Waals surface area contributed by atoms with E-state index in [1.807, 2.05) is 0 Å². The van der Waals surface area contributed by atoms with Crippen LogP contribution in [0, 0.1) is 0 Å². The molecule has 0 spiro atoms. The van der Waals surface area contributed by atoms with Gasteiger partial charge >= 0.3 is 5.97 Å². The highest BCUT2D eigenvalue weighted by molar-refractivity contribution is 7.89. The van der Waals surface area contributed by atoms with E-state index in [2.05, 4.69) is 4.72 Å². The van der Waals surface area contributed by atoms with Crippen molar-refractivity contribution in [2.24, 2.45) is 0 Å². The van der Waals surface area contributed by atoms with E-state index in [0.717, 1.165) is 0 Å². The van der Waals surface area contributed by atoms with Crippen LogP contribution in [0.3, 0.4) is 0 Å². The molecule has 1 heterocycles. The van der Waals surface area contributed by atoms with Crippen LogP contribution in [0.5, 0.6) is 0 Å². The van der Waals surface area contributed by atoms with Crippen LogP contribution in [0.15, 0.2) is 33.9 Å². The lowest BCUT2D eigenvalue weighted by molar-refractivity contribution is -0.143. The van der Waals surface area contributed by atoms with Gasteiger partial charge in [-0.05, 0) is 24.3 Å². The van der Waals surface area contributed by atoms with Gasteiger partial charge < -0.3 is 5.11 Å². The lowest BCUT2D eigenvalue weighted by Crippen LogP contribution is -2.52. The van der Waals surface area contributed by atoms with Crippen molar-refractivity contribution in [2.75, 3.05) is 0 Å². The molecule has 1 aliphatic carbocycles. The van der Waals surface area contributed by atoms with Crippen LogP contribution < -0.4 is 4.72 Å². The van der Waals surface area contributed by atoms with Crippen molar-refractivity contribution in [3.8, 4) is 0 Å². The highest BCUT2D eigenvalue weighted by Gasteiger charge is 2.42. The number of aliphatic carboxylic acids is 1. The van der Waals surface area contributed by atoms with E-state index < -0.39 is 21.5 Å². The lowest BCUT2D eigenvalue weighted by atomic mass is 9.99. The molecule has 0 amide bonds. The largest absolute Gasteiger partial charge is 0.480 e. The van der Waals surface area contributed by atoms with Gasteiger partial charge in [0.05, 0.1) is 4.90 Å². The molecule has 5 nitrogen and oxygen atoms in total. The highest BCUT2D eigenvalue weighted by Crippen LogP contribution is 2.27. The second-order valence-corrected chi connectivity index (χ2v) is 6.29. The van der Waals surface area contributed by atoms with E-state index in [-0.39, 0.29) is 17.7 Å². The SMILES string of the molecule is O=C(O)C1(NS(=O)(=O)c2ccsc2)CC=CC1. The summed E-state index contributed by atoms with van der Waals surface area (Å²) in [6.07, 6.45) is 3.69. The summed E-state index contributed by atoms with van der Waals surface area (Å²) in [6.45, 7) is 0. The monoisotopic (exact) mass is 273 g/mol. The summed E-state index contributed by atoms with van der Waals surface area (Å²) in [4.78, 5) is 11.3. The molecule has 0 unspecified atom stereocenters. The minimum Gasteiger partial charge on any atom is -0.480 e. The summed E-state index contributed by atoms with van der Waals surface area (Å²) in [5, 5.41) is 12.3. The van der Waals surface area contributed by atoms with Gasteiger partial charge in [-0.2, -0.15) is 16.1 Å². The molecule has 0 aromatic carbocycles. The minimum atomic E-state index is -3.76. The average Bonchev–Trinajstić information content (AvgIpc) is 2.86. The number of sulfonamides is 1. The molecule has 1 aromatic heterocycles. The number of carboxylic acid groups (broad SMARTS) is 1. The molecule has 2 N–H and O–H groups in total. The zero-order valence-electron chi connectivity index (χ0n) is 8.79. The first-order chi connectivity index (χ1) is 7.96. The topological polar surface area (TPSA) is 83.5 Å². The van der Waals surface area contributed by atoms with E-state index in [4.69, 9.17) is 5.11 Å². The fraction of sp³-hybridized carbons (Fsp3) is 0.300. The second-order valence-electron chi connectivity index (χ2n) is 3.83. The van der Waals surface area contributed by atoms with Crippen LogP contribution in [-0.4, -0.2) is 25.0 Å². The number of hydrogen-bond acceptors (Lipinski definition) is 4. The number of carbonyl (C=O) groups is 1. The zero-order valence-corrected chi connectivity index (χ0v) is 10.4. The predicted molar refractivity (Wildman–Crippen MR) is 63.4 cm³/mol. The number of carboxylic acids is 1. The Balaban J connectivity index is 2.29. The highest BCUT2D eigenvalue weighted by atomic mass is 32.2. The molecule has 1 aromatic rings. The quantitative estimate of drug-likeness (QED) is 0.807. The summed E-state index contributed by atoms with van der Waals surface area (Å²) < 4.78 is 26.2. The summed E-state index contributed by atoms with van der Waals surface area (Å²) >= 11 is 1.25. The van der Waals surface area contributed by atoms with Crippen LogP contribution >= 0.6 is 11.3 Å². The molecule has 0 atom stereocenters. The molecule has 0 bridgehead atoms. The van der Waals surface area contributed by atoms with Crippen molar-refractivity contribution in [3.05, 3.63) is 29.0 Å². The maximum absolute atomic E-state index is 12.0. The zero-order chi connectivity index (χ0) is 12.5. The molecule has 17 heavy (non-hydrogen) atoms. The molecule has 1 aliphatic rings. The van der Waals surface area contributed by atoms with Crippen molar-refractivity contribution in [1.29, 1.82) is 0 Å². The number of thiophene rings is 1. The number of hydrogen-bond donors (Lipinski definition) is 2. The molecular weight excluding hydrogens is 262 g/mol. The van der Waals surface area contributed by atoms with Crippen molar-refractivity contribution in [2.45, 2.75) is 23.3 Å². The van der Waals surface area contributed by atoms with E-state index in [1.54, 1.807) is 17.5 Å². The molecular formula is C10H11NO4S2. The van der Waals surface area contributed by atoms with Crippen molar-refractivity contribution < 1.29 is 18.3 Å². The van der Waals surface area contributed by atoms with Crippen LogP contribution in [0.1, 0.15) is 12.8 Å². The van der Waals surface area contributed by atoms with E-state index in [0.29, 0.717) is 0 Å². The Labute approximate surface area is 103 Å². The maximum atomic E-state index is 12.0. The second kappa shape index (κ2) is 4.25. The molecule has 0 saturated carbocycles. The van der Waals surface area contributed by atoms with E-state index >= 15 is 0 Å². The van der Waals surface area contributed by atoms with Gasteiger partial charge in [-0.1, -0.05) is 12.2 Å². The Kier molecular flexibility index (Phi) is 3.07. The fourth-order valence-corrected chi connectivity index (χ4v) is 4.08. The van der Waals surface area contributed by atoms with Gasteiger partial charge in [-0.15, -0.1) is 0 Å². The summed E-state index contributed by atoms with van der Waals surface area (Å²) in [5.74, 6) is -1.15. The van der Waals surface area contributed by atoms with Crippen molar-refractivity contribution in [1.82, 2.24) is 4.72 Å². The molecule has 92 valence electrons. The summed E-state index contributed by atoms with van der Waals surface area (Å²) in [5.41, 5.74) is -1.43. The Morgan fingerprint density at radius 1 is 1.41 bits per heavy atom. The average molecular weight is 273 g/mol. The predicted octanol–water partition coefficient (Wildman–Crippen LogP) is 1.20.